The van der Waals surface area contributed by atoms with Crippen molar-refractivity contribution in [2.24, 2.45) is 5.73 Å². The molecular formula is C14H13N5OS2. The second kappa shape index (κ2) is 5.90. The van der Waals surface area contributed by atoms with Gasteiger partial charge in [0.2, 0.25) is 5.91 Å². The van der Waals surface area contributed by atoms with Crippen molar-refractivity contribution in [2.75, 3.05) is 0 Å². The lowest BCUT2D eigenvalue weighted by molar-refractivity contribution is -0.117. The lowest BCUT2D eigenvalue weighted by atomic mass is 10.3. The molecule has 0 fully saturated rings. The molecule has 1 unspecified atom stereocenters. The summed E-state index contributed by atoms with van der Waals surface area (Å²) in [5.74, 6) is -0.400. The van der Waals surface area contributed by atoms with E-state index in [0.717, 1.165) is 16.7 Å². The molecule has 112 valence electrons. The number of nitrogens with one attached hydrogen (secondary N) is 1. The number of primary amides is 1. The molecule has 22 heavy (non-hydrogen) atoms. The van der Waals surface area contributed by atoms with Gasteiger partial charge in [-0.2, -0.15) is 5.10 Å². The molecule has 0 aliphatic heterocycles. The van der Waals surface area contributed by atoms with Gasteiger partial charge in [-0.15, -0.1) is 0 Å². The molecular weight excluding hydrogens is 318 g/mol. The number of thioether (sulfide) groups is 1. The molecule has 1 atom stereocenters. The Morgan fingerprint density at radius 3 is 2.82 bits per heavy atom. The maximum Gasteiger partial charge on any atom is 0.230 e. The highest BCUT2D eigenvalue weighted by Gasteiger charge is 2.14. The number of fused-ring (bicyclic) bond motifs is 1. The average Bonchev–Trinajstić information content (AvgIpc) is 2.92. The summed E-state index contributed by atoms with van der Waals surface area (Å²) >= 11 is 6.55. The van der Waals surface area contributed by atoms with E-state index in [0.29, 0.717) is 9.80 Å². The monoisotopic (exact) mass is 331 g/mol. The minimum absolute atomic E-state index is 0.399. The van der Waals surface area contributed by atoms with Gasteiger partial charge in [-0.3, -0.25) is 4.79 Å². The first-order valence-corrected chi connectivity index (χ1v) is 7.84. The van der Waals surface area contributed by atoms with E-state index in [2.05, 4.69) is 15.1 Å². The number of aromatic amines is 1. The number of amides is 1. The number of carbonyl (C=O) groups is 1. The summed E-state index contributed by atoms with van der Waals surface area (Å²) in [5, 5.41) is 5.26. The molecule has 1 amide bonds. The van der Waals surface area contributed by atoms with Crippen LogP contribution in [0.4, 0.5) is 0 Å². The van der Waals surface area contributed by atoms with E-state index < -0.39 is 11.2 Å². The predicted molar refractivity (Wildman–Crippen MR) is 88.6 cm³/mol. The minimum Gasteiger partial charge on any atom is -0.369 e. The normalized spacial score (nSPS) is 12.4. The maximum atomic E-state index is 11.2. The van der Waals surface area contributed by atoms with Crippen LogP contribution >= 0.6 is 24.0 Å². The quantitative estimate of drug-likeness (QED) is 0.435. The number of aromatic nitrogens is 4. The highest BCUT2D eigenvalue weighted by molar-refractivity contribution is 8.00. The van der Waals surface area contributed by atoms with Gasteiger partial charge < -0.3 is 10.7 Å². The van der Waals surface area contributed by atoms with Gasteiger partial charge in [-0.25, -0.2) is 9.67 Å². The first-order valence-electron chi connectivity index (χ1n) is 6.55. The van der Waals surface area contributed by atoms with Crippen molar-refractivity contribution in [3.05, 3.63) is 41.2 Å². The molecule has 3 aromatic rings. The van der Waals surface area contributed by atoms with E-state index in [9.17, 15) is 4.79 Å². The van der Waals surface area contributed by atoms with Gasteiger partial charge in [0.1, 0.15) is 10.3 Å². The van der Waals surface area contributed by atoms with Crippen molar-refractivity contribution in [1.82, 2.24) is 19.7 Å². The van der Waals surface area contributed by atoms with Crippen molar-refractivity contribution in [3.63, 3.8) is 0 Å². The molecule has 0 radical (unpaired) electrons. The molecule has 2 aromatic heterocycles. The summed E-state index contributed by atoms with van der Waals surface area (Å²) in [7, 11) is 0. The van der Waals surface area contributed by atoms with E-state index in [-0.39, 0.29) is 0 Å². The standard InChI is InChI=1S/C14H13N5OS2/c1-8(11(15)20)22-14-17-12-10(13(21)18-14)7-16-19(12)9-5-3-2-4-6-9/h2-8H,1H3,(H2,15,20)(H,17,18,21). The molecule has 1 aromatic carbocycles. The number of carbonyl (C=O) groups excluding carboxylic acids is 1. The number of hydrogen-bond donors (Lipinski definition) is 2. The summed E-state index contributed by atoms with van der Waals surface area (Å²) in [6, 6.07) is 9.70. The highest BCUT2D eigenvalue weighted by atomic mass is 32.2. The topological polar surface area (TPSA) is 89.6 Å². The lowest BCUT2D eigenvalue weighted by Gasteiger charge is -2.08. The smallest absolute Gasteiger partial charge is 0.230 e. The number of nitrogens with two attached hydrogens (primary N) is 1. The second-order valence-electron chi connectivity index (χ2n) is 4.66. The third kappa shape index (κ3) is 2.75. The number of benzene rings is 1. The summed E-state index contributed by atoms with van der Waals surface area (Å²) in [4.78, 5) is 18.7. The first-order chi connectivity index (χ1) is 10.6. The number of H-pyrrole nitrogens is 1. The van der Waals surface area contributed by atoms with Crippen molar-refractivity contribution in [1.29, 1.82) is 0 Å². The number of hydrogen-bond acceptors (Lipinski definition) is 5. The molecule has 3 rings (SSSR count). The predicted octanol–water partition coefficient (Wildman–Crippen LogP) is 2.44. The van der Waals surface area contributed by atoms with Crippen LogP contribution in [0.5, 0.6) is 0 Å². The molecule has 0 spiro atoms. The summed E-state index contributed by atoms with van der Waals surface area (Å²) in [6.45, 7) is 1.73. The Kier molecular flexibility index (Phi) is 3.95. The van der Waals surface area contributed by atoms with E-state index in [4.69, 9.17) is 18.0 Å². The van der Waals surface area contributed by atoms with Crippen LogP contribution in [-0.2, 0) is 4.79 Å². The van der Waals surface area contributed by atoms with Crippen LogP contribution in [0.15, 0.2) is 41.7 Å². The molecule has 2 heterocycles. The van der Waals surface area contributed by atoms with Crippen molar-refractivity contribution < 1.29 is 4.79 Å². The molecule has 8 heteroatoms. The highest BCUT2D eigenvalue weighted by Crippen LogP contribution is 2.23. The van der Waals surface area contributed by atoms with Crippen LogP contribution in [0.2, 0.25) is 0 Å². The zero-order valence-electron chi connectivity index (χ0n) is 11.7. The average molecular weight is 331 g/mol. The van der Waals surface area contributed by atoms with Gasteiger partial charge in [-0.05, 0) is 19.1 Å². The SMILES string of the molecule is CC(Sc1nc(=S)c2cnn(-c3ccccc3)c2[nH]1)C(N)=O. The van der Waals surface area contributed by atoms with E-state index in [1.54, 1.807) is 17.8 Å². The lowest BCUT2D eigenvalue weighted by Crippen LogP contribution is -2.22. The Labute approximate surface area is 135 Å². The number of nitrogens with zero attached hydrogens (tertiary/aromatic N) is 3. The molecule has 0 aliphatic rings. The number of para-hydroxylation sites is 1. The Morgan fingerprint density at radius 2 is 2.14 bits per heavy atom. The second-order valence-corrected chi connectivity index (χ2v) is 6.38. The van der Waals surface area contributed by atoms with Gasteiger partial charge in [0.15, 0.2) is 5.16 Å². The van der Waals surface area contributed by atoms with E-state index in [1.807, 2.05) is 30.3 Å². The van der Waals surface area contributed by atoms with Crippen LogP contribution in [0, 0.1) is 4.64 Å². The fraction of sp³-hybridized carbons (Fsp3) is 0.143. The van der Waals surface area contributed by atoms with E-state index in [1.165, 1.54) is 11.8 Å². The first kappa shape index (κ1) is 14.7. The van der Waals surface area contributed by atoms with Crippen LogP contribution in [0.1, 0.15) is 6.92 Å². The Bertz CT molecular complexity index is 887. The molecule has 0 aliphatic carbocycles. The third-order valence-electron chi connectivity index (χ3n) is 3.12. The zero-order valence-corrected chi connectivity index (χ0v) is 13.3. The van der Waals surface area contributed by atoms with Crippen LogP contribution in [0.3, 0.4) is 0 Å². The van der Waals surface area contributed by atoms with Gasteiger partial charge >= 0.3 is 0 Å². The van der Waals surface area contributed by atoms with Crippen LogP contribution < -0.4 is 5.73 Å². The maximum absolute atomic E-state index is 11.2. The Hall–Kier alpha value is -2.19. The fourth-order valence-electron chi connectivity index (χ4n) is 1.95. The summed E-state index contributed by atoms with van der Waals surface area (Å²) < 4.78 is 2.20. The van der Waals surface area contributed by atoms with Crippen molar-refractivity contribution in [2.45, 2.75) is 17.3 Å². The van der Waals surface area contributed by atoms with Crippen molar-refractivity contribution >= 4 is 40.9 Å². The molecule has 3 N–H and O–H groups in total. The Morgan fingerprint density at radius 1 is 1.41 bits per heavy atom. The fourth-order valence-corrected chi connectivity index (χ4v) is 3.00. The van der Waals surface area contributed by atoms with Gasteiger partial charge in [0, 0.05) is 0 Å². The minimum atomic E-state index is -0.400. The Balaban J connectivity index is 2.12. The van der Waals surface area contributed by atoms with E-state index >= 15 is 0 Å². The van der Waals surface area contributed by atoms with Gasteiger partial charge in [0.05, 0.1) is 22.5 Å². The molecule has 0 bridgehead atoms. The molecule has 0 saturated carbocycles. The third-order valence-corrected chi connectivity index (χ3v) is 4.43. The summed E-state index contributed by atoms with van der Waals surface area (Å²) in [5.41, 5.74) is 6.94. The van der Waals surface area contributed by atoms with Crippen LogP contribution in [0.25, 0.3) is 16.7 Å². The van der Waals surface area contributed by atoms with Gasteiger partial charge in [0.25, 0.3) is 0 Å². The number of rotatable bonds is 4. The largest absolute Gasteiger partial charge is 0.369 e. The van der Waals surface area contributed by atoms with Crippen LogP contribution in [-0.4, -0.2) is 30.9 Å². The van der Waals surface area contributed by atoms with Crippen molar-refractivity contribution in [3.8, 4) is 5.69 Å². The summed E-state index contributed by atoms with van der Waals surface area (Å²) in [6.07, 6.45) is 1.68. The molecule has 0 saturated heterocycles. The van der Waals surface area contributed by atoms with Gasteiger partial charge in [-0.1, -0.05) is 42.2 Å². The molecule has 6 nitrogen and oxygen atoms in total. The zero-order chi connectivity index (χ0) is 15.7.